The van der Waals surface area contributed by atoms with E-state index in [2.05, 4.69) is 0 Å². The van der Waals surface area contributed by atoms with Crippen LogP contribution in [0, 0.1) is 6.92 Å². The summed E-state index contributed by atoms with van der Waals surface area (Å²) in [5.74, 6) is 0.117. The van der Waals surface area contributed by atoms with Gasteiger partial charge in [0.1, 0.15) is 15.9 Å². The fraction of sp³-hybridized carbons (Fsp3) is 0.435. The maximum Gasteiger partial charge on any atom is 0.343 e. The van der Waals surface area contributed by atoms with Gasteiger partial charge >= 0.3 is 5.97 Å². The van der Waals surface area contributed by atoms with Crippen LogP contribution in [0.15, 0.2) is 41.3 Å². The minimum absolute atomic E-state index is 0.207. The second-order valence-corrected chi connectivity index (χ2v) is 9.46. The molecule has 0 amide bonds. The number of rotatable bonds is 5. The maximum atomic E-state index is 12.6. The van der Waals surface area contributed by atoms with Crippen LogP contribution in [-0.4, -0.2) is 18.9 Å². The number of ether oxygens (including phenoxy) is 1. The third-order valence-electron chi connectivity index (χ3n) is 5.62. The lowest BCUT2D eigenvalue weighted by molar-refractivity contribution is 0.0733. The summed E-state index contributed by atoms with van der Waals surface area (Å²) in [7, 11) is -4.60. The second kappa shape index (κ2) is 8.67. The van der Waals surface area contributed by atoms with Crippen LogP contribution in [0.25, 0.3) is 0 Å². The minimum Gasteiger partial charge on any atom is -0.744 e. The Morgan fingerprint density at radius 2 is 1.69 bits per heavy atom. The fourth-order valence-electron chi connectivity index (χ4n) is 3.94. The van der Waals surface area contributed by atoms with Crippen molar-refractivity contribution < 1.29 is 22.5 Å². The van der Waals surface area contributed by atoms with Crippen LogP contribution in [0.4, 0.5) is 0 Å². The van der Waals surface area contributed by atoms with Crippen LogP contribution in [0.1, 0.15) is 84.8 Å². The monoisotopic (exact) mass is 415 g/mol. The van der Waals surface area contributed by atoms with Crippen molar-refractivity contribution in [3.8, 4) is 5.75 Å². The average Bonchev–Trinajstić information content (AvgIpc) is 2.69. The summed E-state index contributed by atoms with van der Waals surface area (Å²) in [6.45, 7) is 5.19. The molecule has 5 nitrogen and oxygen atoms in total. The average molecular weight is 416 g/mol. The number of carbonyl (C=O) groups is 1. The van der Waals surface area contributed by atoms with Gasteiger partial charge in [0, 0.05) is 0 Å². The Balaban J connectivity index is 1.82. The Labute approximate surface area is 172 Å². The van der Waals surface area contributed by atoms with E-state index in [1.54, 1.807) is 32.9 Å². The third kappa shape index (κ3) is 5.06. The van der Waals surface area contributed by atoms with Gasteiger partial charge in [0.15, 0.2) is 0 Å². The molecule has 1 saturated carbocycles. The molecule has 1 aliphatic rings. The molecule has 0 aliphatic heterocycles. The summed E-state index contributed by atoms with van der Waals surface area (Å²) >= 11 is 0. The molecule has 0 spiro atoms. The molecule has 0 unspecified atom stereocenters. The van der Waals surface area contributed by atoms with Crippen molar-refractivity contribution in [2.24, 2.45) is 0 Å². The first kappa shape index (κ1) is 21.5. The van der Waals surface area contributed by atoms with Crippen LogP contribution in [0.5, 0.6) is 5.75 Å². The van der Waals surface area contributed by atoms with Gasteiger partial charge in [-0.15, -0.1) is 0 Å². The lowest BCUT2D eigenvalue weighted by Crippen LogP contribution is -2.12. The highest BCUT2D eigenvalue weighted by Gasteiger charge is 2.19. The van der Waals surface area contributed by atoms with E-state index in [0.717, 1.165) is 0 Å². The normalized spacial score (nSPS) is 15.5. The Morgan fingerprint density at radius 3 is 2.24 bits per heavy atom. The molecule has 0 heterocycles. The lowest BCUT2D eigenvalue weighted by Gasteiger charge is -2.22. The lowest BCUT2D eigenvalue weighted by atomic mass is 9.84. The predicted octanol–water partition coefficient (Wildman–Crippen LogP) is 5.29. The number of benzene rings is 2. The Bertz CT molecular complexity index is 985. The summed E-state index contributed by atoms with van der Waals surface area (Å²) in [4.78, 5) is 12.4. The van der Waals surface area contributed by atoms with Crippen molar-refractivity contribution in [1.29, 1.82) is 0 Å². The molecule has 0 saturated heterocycles. The van der Waals surface area contributed by atoms with Gasteiger partial charge in [-0.3, -0.25) is 0 Å². The van der Waals surface area contributed by atoms with Gasteiger partial charge in [-0.1, -0.05) is 45.2 Å². The van der Waals surface area contributed by atoms with Crippen LogP contribution in [0.3, 0.4) is 0 Å². The van der Waals surface area contributed by atoms with Gasteiger partial charge in [-0.05, 0) is 72.6 Å². The number of esters is 1. The first-order valence-corrected chi connectivity index (χ1v) is 11.5. The molecule has 0 aromatic heterocycles. The summed E-state index contributed by atoms with van der Waals surface area (Å²) in [6.07, 6.45) is 6.18. The zero-order chi connectivity index (χ0) is 21.2. The second-order valence-electron chi connectivity index (χ2n) is 8.11. The largest absolute Gasteiger partial charge is 0.744 e. The molecule has 6 heteroatoms. The topological polar surface area (TPSA) is 83.5 Å². The molecule has 0 radical (unpaired) electrons. The summed E-state index contributed by atoms with van der Waals surface area (Å²) in [5.41, 5.74) is 2.47. The molecule has 1 fully saturated rings. The third-order valence-corrected chi connectivity index (χ3v) is 6.52. The minimum atomic E-state index is -4.60. The van der Waals surface area contributed by atoms with Crippen LogP contribution in [-0.2, 0) is 10.1 Å². The highest BCUT2D eigenvalue weighted by atomic mass is 32.2. The Morgan fingerprint density at radius 1 is 1.07 bits per heavy atom. The SMILES string of the molecule is Cc1cc(S(=O)(=O)[O-])c(C(C)C)cc1OC(=O)c1ccc(C2CCCCC2)cc1. The summed E-state index contributed by atoms with van der Waals surface area (Å²) in [5, 5.41) is 0. The van der Waals surface area contributed by atoms with Crippen LogP contribution >= 0.6 is 0 Å². The van der Waals surface area contributed by atoms with E-state index >= 15 is 0 Å². The van der Waals surface area contributed by atoms with Crippen molar-refractivity contribution in [3.05, 3.63) is 58.7 Å². The molecule has 0 bridgehead atoms. The first-order chi connectivity index (χ1) is 13.7. The molecular weight excluding hydrogens is 388 g/mol. The van der Waals surface area contributed by atoms with E-state index in [1.807, 2.05) is 12.1 Å². The standard InChI is InChI=1S/C23H28O5S/c1-15(2)20-14-21(16(3)13-22(20)29(25,26)27)28-23(24)19-11-9-18(10-12-19)17-7-5-4-6-8-17/h9-15,17H,4-8H2,1-3H3,(H,25,26,27)/p-1. The van der Waals surface area contributed by atoms with Crippen molar-refractivity contribution >= 4 is 16.1 Å². The summed E-state index contributed by atoms with van der Waals surface area (Å²) in [6, 6.07) is 10.3. The Hall–Kier alpha value is -2.18. The van der Waals surface area contributed by atoms with E-state index in [-0.39, 0.29) is 16.6 Å². The number of hydrogen-bond donors (Lipinski definition) is 0. The highest BCUT2D eigenvalue weighted by molar-refractivity contribution is 7.85. The quantitative estimate of drug-likeness (QED) is 0.376. The molecule has 29 heavy (non-hydrogen) atoms. The van der Waals surface area contributed by atoms with Gasteiger partial charge in [0.05, 0.1) is 10.5 Å². The number of carbonyl (C=O) groups excluding carboxylic acids is 1. The molecule has 0 atom stereocenters. The van der Waals surface area contributed by atoms with E-state index in [9.17, 15) is 17.8 Å². The predicted molar refractivity (Wildman–Crippen MR) is 110 cm³/mol. The van der Waals surface area contributed by atoms with Gasteiger partial charge < -0.3 is 9.29 Å². The van der Waals surface area contributed by atoms with Crippen molar-refractivity contribution in [1.82, 2.24) is 0 Å². The molecule has 1 aliphatic carbocycles. The maximum absolute atomic E-state index is 12.6. The molecular formula is C23H27O5S-. The zero-order valence-corrected chi connectivity index (χ0v) is 17.9. The number of hydrogen-bond acceptors (Lipinski definition) is 5. The van der Waals surface area contributed by atoms with Crippen LogP contribution in [0.2, 0.25) is 0 Å². The van der Waals surface area contributed by atoms with Gasteiger partial charge in [-0.2, -0.15) is 0 Å². The van der Waals surface area contributed by atoms with E-state index in [4.69, 9.17) is 4.74 Å². The van der Waals surface area contributed by atoms with Crippen molar-refractivity contribution in [2.45, 2.75) is 69.6 Å². The first-order valence-electron chi connectivity index (χ1n) is 10.1. The fourth-order valence-corrected chi connectivity index (χ4v) is 4.85. The smallest absolute Gasteiger partial charge is 0.343 e. The molecule has 2 aromatic rings. The van der Waals surface area contributed by atoms with Crippen molar-refractivity contribution in [2.75, 3.05) is 0 Å². The van der Waals surface area contributed by atoms with Gasteiger partial charge in [-0.25, -0.2) is 13.2 Å². The van der Waals surface area contributed by atoms with Crippen molar-refractivity contribution in [3.63, 3.8) is 0 Å². The van der Waals surface area contributed by atoms with Gasteiger partial charge in [0.2, 0.25) is 0 Å². The van der Waals surface area contributed by atoms with E-state index < -0.39 is 16.1 Å². The highest BCUT2D eigenvalue weighted by Crippen LogP contribution is 2.33. The van der Waals surface area contributed by atoms with Gasteiger partial charge in [0.25, 0.3) is 0 Å². The molecule has 156 valence electrons. The van der Waals surface area contributed by atoms with Crippen LogP contribution < -0.4 is 4.74 Å². The van der Waals surface area contributed by atoms with E-state index in [1.165, 1.54) is 49.8 Å². The van der Waals surface area contributed by atoms with E-state index in [0.29, 0.717) is 22.6 Å². The zero-order valence-electron chi connectivity index (χ0n) is 17.1. The number of aryl methyl sites for hydroxylation is 1. The molecule has 3 rings (SSSR count). The molecule has 2 aromatic carbocycles. The summed E-state index contributed by atoms with van der Waals surface area (Å²) < 4.78 is 40.2. The molecule has 0 N–H and O–H groups in total. The Kier molecular flexibility index (Phi) is 6.44.